The maximum absolute atomic E-state index is 13.0. The van der Waals surface area contributed by atoms with Crippen molar-refractivity contribution in [2.75, 3.05) is 13.1 Å². The van der Waals surface area contributed by atoms with Crippen molar-refractivity contribution < 1.29 is 23.1 Å². The van der Waals surface area contributed by atoms with Crippen LogP contribution in [0.2, 0.25) is 0 Å². The first-order valence-corrected chi connectivity index (χ1v) is 9.16. The van der Waals surface area contributed by atoms with Crippen molar-refractivity contribution in [2.45, 2.75) is 32.5 Å². The summed E-state index contributed by atoms with van der Waals surface area (Å²) in [7, 11) is 0. The molecule has 0 bridgehead atoms. The van der Waals surface area contributed by atoms with Gasteiger partial charge < -0.3 is 10.0 Å². The molecule has 29 heavy (non-hydrogen) atoms. The van der Waals surface area contributed by atoms with E-state index in [0.717, 1.165) is 17.9 Å². The summed E-state index contributed by atoms with van der Waals surface area (Å²) in [6.45, 7) is 4.29. The van der Waals surface area contributed by atoms with Crippen LogP contribution in [0.1, 0.15) is 30.5 Å². The Kier molecular flexibility index (Phi) is 4.48. The lowest BCUT2D eigenvalue weighted by Crippen LogP contribution is -2.26. The molecule has 1 atom stereocenters. The molecule has 1 saturated heterocycles. The molecule has 0 saturated carbocycles. The fourth-order valence-electron chi connectivity index (χ4n) is 3.76. The maximum atomic E-state index is 13.0. The molecule has 9 heteroatoms. The molecule has 4 rings (SSSR count). The predicted molar refractivity (Wildman–Crippen MR) is 100 cm³/mol. The number of likely N-dealkylation sites (tertiary alicyclic amines) is 1. The highest BCUT2D eigenvalue weighted by Gasteiger charge is 2.32. The molecule has 1 fully saturated rings. The molecule has 2 aromatic heterocycles. The van der Waals surface area contributed by atoms with Crippen LogP contribution in [0, 0.1) is 6.92 Å². The van der Waals surface area contributed by atoms with Gasteiger partial charge in [0.05, 0.1) is 17.3 Å². The summed E-state index contributed by atoms with van der Waals surface area (Å²) >= 11 is 0. The Hall–Kier alpha value is -3.10. The van der Waals surface area contributed by atoms with Crippen LogP contribution in [0.5, 0.6) is 5.75 Å². The molecule has 3 aromatic rings. The van der Waals surface area contributed by atoms with Gasteiger partial charge in [0.1, 0.15) is 5.75 Å². The van der Waals surface area contributed by atoms with Crippen LogP contribution in [0.4, 0.5) is 13.2 Å². The number of carbonyl (C=O) groups excluding carboxylic acids is 1. The fourth-order valence-corrected chi connectivity index (χ4v) is 3.76. The minimum atomic E-state index is -4.54. The van der Waals surface area contributed by atoms with Gasteiger partial charge in [0.15, 0.2) is 5.65 Å². The van der Waals surface area contributed by atoms with Gasteiger partial charge in [0.25, 0.3) is 0 Å². The number of aromatic hydroxyl groups is 1. The highest BCUT2D eigenvalue weighted by Crippen LogP contribution is 2.38. The van der Waals surface area contributed by atoms with Gasteiger partial charge in [-0.05, 0) is 43.2 Å². The molecular formula is C20H19F3N4O2. The first-order valence-electron chi connectivity index (χ1n) is 9.16. The molecule has 0 spiro atoms. The Balaban J connectivity index is 1.69. The number of hydrogen-bond donors (Lipinski definition) is 1. The number of phenolic OH excluding ortho intramolecular Hbond substituents is 1. The van der Waals surface area contributed by atoms with Crippen molar-refractivity contribution in [3.8, 4) is 17.0 Å². The van der Waals surface area contributed by atoms with Crippen LogP contribution in [-0.4, -0.2) is 43.8 Å². The number of alkyl halides is 3. The summed E-state index contributed by atoms with van der Waals surface area (Å²) in [6.07, 6.45) is -1.90. The number of benzene rings is 1. The van der Waals surface area contributed by atoms with Crippen molar-refractivity contribution in [2.24, 2.45) is 0 Å². The second-order valence-electron chi connectivity index (χ2n) is 7.31. The number of hydrogen-bond acceptors (Lipinski definition) is 4. The summed E-state index contributed by atoms with van der Waals surface area (Å²) in [5.74, 6) is -0.450. The Morgan fingerprint density at radius 3 is 2.66 bits per heavy atom. The van der Waals surface area contributed by atoms with Gasteiger partial charge in [-0.15, -0.1) is 0 Å². The van der Waals surface area contributed by atoms with Crippen LogP contribution < -0.4 is 0 Å². The van der Waals surface area contributed by atoms with Crippen LogP contribution in [0.15, 0.2) is 30.5 Å². The zero-order valence-corrected chi connectivity index (χ0v) is 15.9. The molecule has 1 aromatic carbocycles. The second kappa shape index (κ2) is 6.75. The number of aromatic nitrogens is 3. The van der Waals surface area contributed by atoms with E-state index in [1.807, 2.05) is 6.20 Å². The lowest BCUT2D eigenvalue weighted by Gasteiger charge is -2.13. The van der Waals surface area contributed by atoms with E-state index in [2.05, 4.69) is 10.1 Å². The third kappa shape index (κ3) is 3.52. The quantitative estimate of drug-likeness (QED) is 0.703. The number of fused-ring (bicyclic) bond motifs is 1. The van der Waals surface area contributed by atoms with E-state index in [9.17, 15) is 23.1 Å². The first-order chi connectivity index (χ1) is 13.6. The molecule has 1 N–H and O–H groups in total. The Morgan fingerprint density at radius 2 is 2.03 bits per heavy atom. The average Bonchev–Trinajstić information content (AvgIpc) is 3.27. The largest absolute Gasteiger partial charge is 0.507 e. The third-order valence-corrected chi connectivity index (χ3v) is 5.27. The molecule has 152 valence electrons. The second-order valence-corrected chi connectivity index (χ2v) is 7.31. The summed E-state index contributed by atoms with van der Waals surface area (Å²) in [6, 6.07) is 5.18. The number of pyridine rings is 1. The lowest BCUT2D eigenvalue weighted by molar-refractivity contribution is -0.137. The van der Waals surface area contributed by atoms with Crippen LogP contribution in [0.3, 0.4) is 0 Å². The number of halogens is 3. The van der Waals surface area contributed by atoms with E-state index in [0.29, 0.717) is 30.5 Å². The molecule has 3 heterocycles. The number of rotatable bonds is 2. The van der Waals surface area contributed by atoms with E-state index in [-0.39, 0.29) is 23.1 Å². The van der Waals surface area contributed by atoms with E-state index in [1.165, 1.54) is 13.8 Å². The van der Waals surface area contributed by atoms with Crippen molar-refractivity contribution in [1.82, 2.24) is 19.7 Å². The smallest absolute Gasteiger partial charge is 0.416 e. The first kappa shape index (κ1) is 19.2. The highest BCUT2D eigenvalue weighted by molar-refractivity contribution is 5.80. The fraction of sp³-hybridized carbons (Fsp3) is 0.350. The van der Waals surface area contributed by atoms with Crippen molar-refractivity contribution in [3.05, 3.63) is 41.6 Å². The Morgan fingerprint density at radius 1 is 1.28 bits per heavy atom. The molecule has 1 amide bonds. The van der Waals surface area contributed by atoms with Crippen LogP contribution in [-0.2, 0) is 11.0 Å². The molecule has 1 aliphatic heterocycles. The van der Waals surface area contributed by atoms with Crippen molar-refractivity contribution >= 4 is 16.9 Å². The van der Waals surface area contributed by atoms with Crippen molar-refractivity contribution in [1.29, 1.82) is 0 Å². The van der Waals surface area contributed by atoms with E-state index < -0.39 is 17.5 Å². The average molecular weight is 404 g/mol. The van der Waals surface area contributed by atoms with Crippen molar-refractivity contribution in [3.63, 3.8) is 0 Å². The van der Waals surface area contributed by atoms with Gasteiger partial charge in [-0.25, -0.2) is 4.98 Å². The predicted octanol–water partition coefficient (Wildman–Crippen LogP) is 3.92. The van der Waals surface area contributed by atoms with Gasteiger partial charge in [-0.1, -0.05) is 0 Å². The van der Waals surface area contributed by atoms with E-state index >= 15 is 0 Å². The van der Waals surface area contributed by atoms with Gasteiger partial charge in [-0.3, -0.25) is 9.48 Å². The number of amides is 1. The minimum Gasteiger partial charge on any atom is -0.507 e. The SMILES string of the molecule is CC(=O)N1CCC(n2cc3ccc(-c4c(C)cc(C(F)(F)F)cc4O)nc3n2)C1. The molecule has 1 aliphatic rings. The molecular weight excluding hydrogens is 385 g/mol. The van der Waals surface area contributed by atoms with Gasteiger partial charge >= 0.3 is 6.18 Å². The Bertz CT molecular complexity index is 1080. The highest BCUT2D eigenvalue weighted by atomic mass is 19.4. The normalized spacial score (nSPS) is 17.3. The topological polar surface area (TPSA) is 71.2 Å². The number of phenols is 1. The standard InChI is InChI=1S/C20H19F3N4O2/c1-11-7-14(20(21,22)23)8-17(29)18(11)16-4-3-13-9-27(25-19(13)24-16)15-5-6-26(10-15)12(2)28/h3-4,7-9,15,29H,5-6,10H2,1-2H3. The van der Waals surface area contributed by atoms with E-state index in [4.69, 9.17) is 0 Å². The minimum absolute atomic E-state index is 0.0258. The zero-order valence-electron chi connectivity index (χ0n) is 15.9. The summed E-state index contributed by atoms with van der Waals surface area (Å²) < 4.78 is 40.6. The van der Waals surface area contributed by atoms with E-state index in [1.54, 1.807) is 21.7 Å². The lowest BCUT2D eigenvalue weighted by atomic mass is 10.00. The monoisotopic (exact) mass is 404 g/mol. The molecule has 0 radical (unpaired) electrons. The summed E-state index contributed by atoms with van der Waals surface area (Å²) in [4.78, 5) is 17.8. The van der Waals surface area contributed by atoms with Gasteiger partial charge in [-0.2, -0.15) is 18.3 Å². The third-order valence-electron chi connectivity index (χ3n) is 5.27. The van der Waals surface area contributed by atoms with Crippen LogP contribution in [0.25, 0.3) is 22.3 Å². The number of aryl methyl sites for hydroxylation is 1. The number of nitrogens with zero attached hydrogens (tertiary/aromatic N) is 4. The van der Waals surface area contributed by atoms with Crippen LogP contribution >= 0.6 is 0 Å². The van der Waals surface area contributed by atoms with Gasteiger partial charge in [0.2, 0.25) is 5.91 Å². The molecule has 0 aliphatic carbocycles. The Labute approximate surface area is 164 Å². The molecule has 6 nitrogen and oxygen atoms in total. The summed E-state index contributed by atoms with van der Waals surface area (Å²) in [5.41, 5.74) is 0.401. The molecule has 1 unspecified atom stereocenters. The zero-order chi connectivity index (χ0) is 20.9. The van der Waals surface area contributed by atoms with Gasteiger partial charge in [0, 0.05) is 37.2 Å². The number of carbonyl (C=O) groups is 1. The maximum Gasteiger partial charge on any atom is 0.416 e. The summed E-state index contributed by atoms with van der Waals surface area (Å²) in [5, 5.41) is 15.5.